The number of rotatable bonds is 0. The van der Waals surface area contributed by atoms with Gasteiger partial charge in [-0.2, -0.15) is 0 Å². The van der Waals surface area contributed by atoms with E-state index in [1.54, 1.807) is 6.20 Å². The van der Waals surface area contributed by atoms with Crippen LogP contribution in [0.2, 0.25) is 0 Å². The number of hydrogen-bond acceptors (Lipinski definition) is 2. The first-order valence-corrected chi connectivity index (χ1v) is 2.95. The maximum Gasteiger partial charge on any atom is 0.212 e. The van der Waals surface area contributed by atoms with Crippen LogP contribution in [0.5, 0.6) is 0 Å². The van der Waals surface area contributed by atoms with Crippen LogP contribution in [0.1, 0.15) is 0 Å². The summed E-state index contributed by atoms with van der Waals surface area (Å²) in [6, 6.07) is 0. The summed E-state index contributed by atoms with van der Waals surface area (Å²) in [7, 11) is 1.82. The lowest BCUT2D eigenvalue weighted by molar-refractivity contribution is 0.566. The molecule has 1 heterocycles. The highest BCUT2D eigenvalue weighted by atomic mass is 127. The third-order valence-electron chi connectivity index (χ3n) is 0.593. The van der Waals surface area contributed by atoms with E-state index in [1.165, 1.54) is 0 Å². The molecule has 4 heteroatoms. The summed E-state index contributed by atoms with van der Waals surface area (Å²) in [6.45, 7) is 0. The van der Waals surface area contributed by atoms with Crippen molar-refractivity contribution in [2.24, 2.45) is 0 Å². The zero-order chi connectivity index (χ0) is 5.28. The molecule has 0 aliphatic carbocycles. The molecule has 7 heavy (non-hydrogen) atoms. The van der Waals surface area contributed by atoms with E-state index in [-0.39, 0.29) is 0 Å². The predicted octanol–water partition coefficient (Wildman–Crippen LogP) is -0.462. The number of nitrogens with zero attached hydrogens (tertiary/aromatic N) is 1. The van der Waals surface area contributed by atoms with E-state index < -0.39 is 0 Å². The third-order valence-corrected chi connectivity index (χ3v) is 1.09. The lowest BCUT2D eigenvalue weighted by atomic mass is 10.2. The van der Waals surface area contributed by atoms with E-state index in [0.717, 1.165) is 9.56 Å². The second-order valence-electron chi connectivity index (χ2n) is 1.18. The Morgan fingerprint density at radius 2 is 2.57 bits per heavy atom. The largest absolute Gasteiger partial charge is 0.446 e. The Balaban J connectivity index is 3.04. The molecule has 0 atom stereocenters. The van der Waals surface area contributed by atoms with Crippen LogP contribution in [-0.4, -0.2) is 12.8 Å². The highest BCUT2D eigenvalue weighted by Crippen LogP contribution is 1.96. The molecule has 1 aromatic heterocycles. The molecular weight excluding hydrogens is 204 g/mol. The zero-order valence-corrected chi connectivity index (χ0v) is 5.97. The van der Waals surface area contributed by atoms with Crippen molar-refractivity contribution < 1.29 is 4.42 Å². The molecule has 0 saturated heterocycles. The van der Waals surface area contributed by atoms with Gasteiger partial charge in [0.15, 0.2) is 3.77 Å². The van der Waals surface area contributed by atoms with Crippen LogP contribution in [0.4, 0.5) is 0 Å². The van der Waals surface area contributed by atoms with Crippen molar-refractivity contribution >= 4 is 36.2 Å². The van der Waals surface area contributed by atoms with Crippen molar-refractivity contribution in [3.8, 4) is 0 Å². The number of hydrogen-bond donors (Lipinski definition) is 0. The van der Waals surface area contributed by atoms with Crippen LogP contribution >= 0.6 is 22.6 Å². The SMILES string of the molecule is Bc1ncc(I)o1. The van der Waals surface area contributed by atoms with Gasteiger partial charge in [0, 0.05) is 22.6 Å². The molecule has 1 rings (SSSR count). The topological polar surface area (TPSA) is 26.0 Å². The van der Waals surface area contributed by atoms with Crippen molar-refractivity contribution in [1.82, 2.24) is 4.98 Å². The summed E-state index contributed by atoms with van der Waals surface area (Å²) in [6.07, 6.45) is 1.69. The molecule has 0 unspecified atom stereocenters. The zero-order valence-electron chi connectivity index (χ0n) is 3.81. The van der Waals surface area contributed by atoms with E-state index in [4.69, 9.17) is 4.42 Å². The Hall–Kier alpha value is 0.00494. The molecule has 0 N–H and O–H groups in total. The van der Waals surface area contributed by atoms with Crippen LogP contribution in [0, 0.1) is 3.77 Å². The fourth-order valence-corrected chi connectivity index (χ4v) is 0.793. The molecule has 0 saturated carbocycles. The van der Waals surface area contributed by atoms with Crippen LogP contribution in [-0.2, 0) is 0 Å². The molecule has 0 spiro atoms. The molecule has 0 fully saturated rings. The molecule has 1 aromatic rings. The second kappa shape index (κ2) is 1.86. The Morgan fingerprint density at radius 1 is 1.86 bits per heavy atom. The Bertz CT molecular complexity index is 147. The van der Waals surface area contributed by atoms with Gasteiger partial charge in [-0.1, -0.05) is 0 Å². The highest BCUT2D eigenvalue weighted by Gasteiger charge is 1.89. The minimum atomic E-state index is 0.726. The standard InChI is InChI=1S/C3H3BINO/c4-3-6-1-2(5)7-3/h1H,4H2. The maximum absolute atomic E-state index is 4.96. The first-order valence-electron chi connectivity index (χ1n) is 1.87. The normalized spacial score (nSPS) is 9.29. The molecule has 36 valence electrons. The summed E-state index contributed by atoms with van der Waals surface area (Å²) in [5.41, 5.74) is 0. The van der Waals surface area contributed by atoms with Crippen LogP contribution in [0.15, 0.2) is 10.6 Å². The van der Waals surface area contributed by atoms with Gasteiger partial charge < -0.3 is 4.42 Å². The smallest absolute Gasteiger partial charge is 0.212 e. The summed E-state index contributed by atoms with van der Waals surface area (Å²) < 4.78 is 5.80. The molecule has 0 aliphatic heterocycles. The van der Waals surface area contributed by atoms with Crippen molar-refractivity contribution in [3.63, 3.8) is 0 Å². The molecule has 2 nitrogen and oxygen atoms in total. The Morgan fingerprint density at radius 3 is 2.71 bits per heavy atom. The summed E-state index contributed by atoms with van der Waals surface area (Å²) in [5.74, 6) is 0.726. The predicted molar refractivity (Wildman–Crippen MR) is 37.4 cm³/mol. The second-order valence-corrected chi connectivity index (χ2v) is 2.25. The first-order chi connectivity index (χ1) is 3.29. The van der Waals surface area contributed by atoms with Gasteiger partial charge in [0.1, 0.15) is 5.79 Å². The fourth-order valence-electron chi connectivity index (χ4n) is 0.335. The summed E-state index contributed by atoms with van der Waals surface area (Å²) >= 11 is 2.07. The molecule has 0 radical (unpaired) electrons. The fraction of sp³-hybridized carbons (Fsp3) is 0. The summed E-state index contributed by atoms with van der Waals surface area (Å²) in [5, 5.41) is 0. The summed E-state index contributed by atoms with van der Waals surface area (Å²) in [4.78, 5) is 3.84. The van der Waals surface area contributed by atoms with Gasteiger partial charge in [-0.15, -0.1) is 0 Å². The van der Waals surface area contributed by atoms with Crippen molar-refractivity contribution in [2.75, 3.05) is 0 Å². The van der Waals surface area contributed by atoms with Gasteiger partial charge in [-0.25, -0.2) is 4.98 Å². The third kappa shape index (κ3) is 1.19. The van der Waals surface area contributed by atoms with E-state index in [1.807, 2.05) is 7.85 Å². The molecular formula is C3H3BINO. The van der Waals surface area contributed by atoms with E-state index in [2.05, 4.69) is 27.6 Å². The number of halogens is 1. The Labute approximate surface area is 55.9 Å². The molecule has 0 bridgehead atoms. The molecule has 0 aliphatic rings. The van der Waals surface area contributed by atoms with Crippen molar-refractivity contribution in [3.05, 3.63) is 9.96 Å². The molecule has 0 amide bonds. The Kier molecular flexibility index (Phi) is 1.36. The molecule has 0 aromatic carbocycles. The number of aromatic nitrogens is 1. The average molecular weight is 207 g/mol. The highest BCUT2D eigenvalue weighted by molar-refractivity contribution is 14.1. The average Bonchev–Trinajstić information content (AvgIpc) is 1.87. The minimum absolute atomic E-state index is 0.726. The number of oxazole rings is 1. The van der Waals surface area contributed by atoms with Gasteiger partial charge in [0.25, 0.3) is 0 Å². The first kappa shape index (κ1) is 5.15. The van der Waals surface area contributed by atoms with Crippen LogP contribution in [0.25, 0.3) is 0 Å². The van der Waals surface area contributed by atoms with E-state index in [0.29, 0.717) is 0 Å². The van der Waals surface area contributed by atoms with E-state index >= 15 is 0 Å². The van der Waals surface area contributed by atoms with Gasteiger partial charge in [0.2, 0.25) is 7.85 Å². The van der Waals surface area contributed by atoms with Gasteiger partial charge >= 0.3 is 0 Å². The van der Waals surface area contributed by atoms with Crippen molar-refractivity contribution in [2.45, 2.75) is 0 Å². The van der Waals surface area contributed by atoms with Gasteiger partial charge in [-0.3, -0.25) is 0 Å². The lowest BCUT2D eigenvalue weighted by Gasteiger charge is -1.72. The van der Waals surface area contributed by atoms with Gasteiger partial charge in [0.05, 0.1) is 6.20 Å². The van der Waals surface area contributed by atoms with Crippen LogP contribution in [0.3, 0.4) is 0 Å². The minimum Gasteiger partial charge on any atom is -0.446 e. The van der Waals surface area contributed by atoms with Crippen LogP contribution < -0.4 is 5.79 Å². The maximum atomic E-state index is 4.96. The van der Waals surface area contributed by atoms with Crippen molar-refractivity contribution in [1.29, 1.82) is 0 Å². The lowest BCUT2D eigenvalue weighted by Crippen LogP contribution is -1.99. The van der Waals surface area contributed by atoms with Gasteiger partial charge in [-0.05, 0) is 0 Å². The monoisotopic (exact) mass is 207 g/mol. The quantitative estimate of drug-likeness (QED) is 0.424. The van der Waals surface area contributed by atoms with E-state index in [9.17, 15) is 0 Å².